The number of carbonyl (C=O) groups excluding carboxylic acids is 1. The lowest BCUT2D eigenvalue weighted by molar-refractivity contribution is -0.467. The fraction of sp³-hybridized carbons (Fsp3) is 0.925. The molecule has 5 aliphatic heterocycles. The third kappa shape index (κ3) is 2.91. The lowest BCUT2D eigenvalue weighted by atomic mass is 9.35. The van der Waals surface area contributed by atoms with E-state index in [2.05, 4.69) is 13.8 Å². The molecule has 0 aromatic rings. The zero-order valence-corrected chi connectivity index (χ0v) is 30.6. The van der Waals surface area contributed by atoms with Crippen molar-refractivity contribution in [1.29, 1.82) is 0 Å². The van der Waals surface area contributed by atoms with Crippen LogP contribution in [0.2, 0.25) is 0 Å². The maximum absolute atomic E-state index is 15.8. The number of ether oxygens (including phenoxy) is 3. The highest BCUT2D eigenvalue weighted by Crippen LogP contribution is 2.82. The lowest BCUT2D eigenvalue weighted by Crippen LogP contribution is -2.85. The van der Waals surface area contributed by atoms with Crippen LogP contribution in [0, 0.1) is 68.0 Å². The average molecular weight is 729 g/mol. The van der Waals surface area contributed by atoms with Gasteiger partial charge in [0.25, 0.3) is 0 Å². The maximum atomic E-state index is 15.8. The van der Waals surface area contributed by atoms with Gasteiger partial charge in [-0.1, -0.05) is 27.7 Å². The zero-order chi connectivity index (χ0) is 36.8. The lowest BCUT2D eigenvalue weighted by Gasteiger charge is -2.75. The van der Waals surface area contributed by atoms with Crippen molar-refractivity contribution in [1.82, 2.24) is 0 Å². The van der Waals surface area contributed by atoms with Crippen molar-refractivity contribution >= 4 is 5.78 Å². The molecule has 5 heterocycles. The van der Waals surface area contributed by atoms with E-state index in [-0.39, 0.29) is 25.4 Å². The summed E-state index contributed by atoms with van der Waals surface area (Å²) in [7, 11) is 0. The molecule has 12 nitrogen and oxygen atoms in total. The number of rotatable bonds is 0. The quantitative estimate of drug-likeness (QED) is 0.175. The van der Waals surface area contributed by atoms with Gasteiger partial charge in [0.1, 0.15) is 28.8 Å². The molecule has 11 fully saturated rings. The second kappa shape index (κ2) is 9.32. The predicted molar refractivity (Wildman–Crippen MR) is 178 cm³/mol. The van der Waals surface area contributed by atoms with Gasteiger partial charge in [-0.3, -0.25) is 4.79 Å². The number of aliphatic hydroxyl groups excluding tert-OH is 6. The topological polar surface area (TPSA) is 207 Å². The molecule has 4 saturated heterocycles. The van der Waals surface area contributed by atoms with Crippen molar-refractivity contribution in [2.75, 3.05) is 13.2 Å². The van der Waals surface area contributed by atoms with Crippen LogP contribution in [0.5, 0.6) is 0 Å². The minimum atomic E-state index is -2.44. The molecule has 8 bridgehead atoms. The Morgan fingerprint density at radius 3 is 1.71 bits per heavy atom. The van der Waals surface area contributed by atoms with E-state index in [0.717, 1.165) is 5.57 Å². The van der Waals surface area contributed by atoms with Crippen LogP contribution in [0.1, 0.15) is 91.9 Å². The van der Waals surface area contributed by atoms with Gasteiger partial charge in [-0.25, -0.2) is 0 Å². The fourth-order valence-corrected chi connectivity index (χ4v) is 17.4. The average Bonchev–Trinajstić information content (AvgIpc) is 3.27. The highest BCUT2D eigenvalue weighted by atomic mass is 16.7. The minimum absolute atomic E-state index is 0.0165. The van der Waals surface area contributed by atoms with Gasteiger partial charge in [-0.05, 0) is 92.4 Å². The van der Waals surface area contributed by atoms with Crippen LogP contribution in [0.15, 0.2) is 11.3 Å². The van der Waals surface area contributed by atoms with Crippen molar-refractivity contribution in [2.24, 2.45) is 68.0 Å². The standard InChI is InChI=1S/C40H56O12/c1-32(2)12-10-22(41)34-15-50-39(48,28(45)24(32)34)37-20(34)7-5-17(26(37)43)18-9-14-36(52-30(18)37)19-6-8-21-35-16-51-40(49,38(21,27(19)44)31(36)47)29(46)25(35)33(3,4)13-11-23(35)42/h17,19-29,41-46,48-49H,5-16H2,1-4H3. The van der Waals surface area contributed by atoms with E-state index in [1.807, 2.05) is 13.8 Å². The van der Waals surface area contributed by atoms with Crippen molar-refractivity contribution in [3.63, 3.8) is 0 Å². The summed E-state index contributed by atoms with van der Waals surface area (Å²) in [6.07, 6.45) is -2.94. The van der Waals surface area contributed by atoms with Crippen LogP contribution in [0.3, 0.4) is 0 Å². The van der Waals surface area contributed by atoms with Gasteiger partial charge in [-0.15, -0.1) is 0 Å². The largest absolute Gasteiger partial charge is 0.483 e. The van der Waals surface area contributed by atoms with Crippen LogP contribution in [0.25, 0.3) is 0 Å². The minimum Gasteiger partial charge on any atom is -0.483 e. The molecule has 52 heavy (non-hydrogen) atoms. The molecular formula is C40H56O12. The van der Waals surface area contributed by atoms with E-state index in [1.54, 1.807) is 0 Å². The molecule has 13 rings (SSSR count). The summed E-state index contributed by atoms with van der Waals surface area (Å²) in [6.45, 7) is 8.13. The van der Waals surface area contributed by atoms with E-state index in [9.17, 15) is 40.9 Å². The molecule has 8 N–H and O–H groups in total. The first-order valence-corrected chi connectivity index (χ1v) is 20.1. The Morgan fingerprint density at radius 1 is 0.615 bits per heavy atom. The van der Waals surface area contributed by atoms with E-state index >= 15 is 4.79 Å². The van der Waals surface area contributed by atoms with Crippen molar-refractivity contribution in [3.05, 3.63) is 11.3 Å². The third-order valence-electron chi connectivity index (χ3n) is 19.1. The molecule has 19 unspecified atom stereocenters. The predicted octanol–water partition coefficient (Wildman–Crippen LogP) is 0.887. The Bertz CT molecular complexity index is 1710. The Hall–Kier alpha value is -1.19. The smallest absolute Gasteiger partial charge is 0.208 e. The highest BCUT2D eigenvalue weighted by molar-refractivity contribution is 5.99. The van der Waals surface area contributed by atoms with Crippen LogP contribution in [0.4, 0.5) is 0 Å². The highest BCUT2D eigenvalue weighted by Gasteiger charge is 2.92. The zero-order valence-electron chi connectivity index (χ0n) is 30.6. The number of aliphatic hydroxyl groups is 8. The summed E-state index contributed by atoms with van der Waals surface area (Å²) in [5, 5.41) is 99.2. The molecule has 0 radical (unpaired) electrons. The molecule has 0 amide bonds. The summed E-state index contributed by atoms with van der Waals surface area (Å²) < 4.78 is 19.8. The molecule has 13 aliphatic rings. The number of Topliss-reactive ketones (excluding diaryl/α,β-unsaturated/α-hetero) is 1. The molecule has 288 valence electrons. The van der Waals surface area contributed by atoms with Crippen molar-refractivity contribution < 1.29 is 59.9 Å². The SMILES string of the molecule is CC1(C)CCC(O)C23COC(O)(C(O)C12)C12C4=C(CCC5(O4)C(=O)C46C(O)C5CCC4C45COC6(O)C(O)C4C(C)(C)CCC5O)C(CCC31)C2O. The van der Waals surface area contributed by atoms with Gasteiger partial charge in [0.05, 0.1) is 37.6 Å². The van der Waals surface area contributed by atoms with Crippen LogP contribution in [-0.2, 0) is 19.0 Å². The molecule has 5 spiro atoms. The second-order valence-corrected chi connectivity index (χ2v) is 20.9. The molecule has 0 aromatic heterocycles. The summed E-state index contributed by atoms with van der Waals surface area (Å²) in [6, 6.07) is 0. The monoisotopic (exact) mass is 728 g/mol. The summed E-state index contributed by atoms with van der Waals surface area (Å²) >= 11 is 0. The number of hydrogen-bond donors (Lipinski definition) is 8. The summed E-state index contributed by atoms with van der Waals surface area (Å²) in [5.41, 5.74) is -7.64. The fourth-order valence-electron chi connectivity index (χ4n) is 17.4. The first-order valence-electron chi connectivity index (χ1n) is 20.1. The molecule has 8 aliphatic carbocycles. The molecule has 0 aromatic carbocycles. The van der Waals surface area contributed by atoms with Crippen molar-refractivity contribution in [2.45, 2.75) is 146 Å². The van der Waals surface area contributed by atoms with Gasteiger partial charge >= 0.3 is 0 Å². The van der Waals surface area contributed by atoms with Gasteiger partial charge < -0.3 is 55.1 Å². The normalized spacial score (nSPS) is 64.0. The number of ketones is 1. The second-order valence-electron chi connectivity index (χ2n) is 20.9. The number of hydrogen-bond acceptors (Lipinski definition) is 12. The van der Waals surface area contributed by atoms with Gasteiger partial charge in [0.15, 0.2) is 11.4 Å². The summed E-state index contributed by atoms with van der Waals surface area (Å²) in [4.78, 5) is 15.8. The molecule has 12 heteroatoms. The van der Waals surface area contributed by atoms with Crippen molar-refractivity contribution in [3.8, 4) is 0 Å². The van der Waals surface area contributed by atoms with E-state index in [4.69, 9.17) is 14.2 Å². The number of carbonyl (C=O) groups is 1. The molecule has 7 saturated carbocycles. The Labute approximate surface area is 303 Å². The Morgan fingerprint density at radius 2 is 1.13 bits per heavy atom. The third-order valence-corrected chi connectivity index (χ3v) is 19.1. The van der Waals surface area contributed by atoms with Crippen LogP contribution in [-0.4, -0.2) is 114 Å². The van der Waals surface area contributed by atoms with Crippen LogP contribution < -0.4 is 0 Å². The van der Waals surface area contributed by atoms with E-state index in [0.29, 0.717) is 57.8 Å². The molecule has 19 atom stereocenters. The van der Waals surface area contributed by atoms with Crippen LogP contribution >= 0.6 is 0 Å². The van der Waals surface area contributed by atoms with E-state index < -0.39 is 128 Å². The first-order chi connectivity index (χ1) is 24.3. The molecular weight excluding hydrogens is 672 g/mol. The van der Waals surface area contributed by atoms with Gasteiger partial charge in [0, 0.05) is 34.5 Å². The first kappa shape index (κ1) is 34.1. The number of fused-ring (bicyclic) bond motifs is 6. The Balaban J connectivity index is 1.08. The summed E-state index contributed by atoms with van der Waals surface area (Å²) in [5.74, 6) is -8.63. The maximum Gasteiger partial charge on any atom is 0.208 e. The van der Waals surface area contributed by atoms with Gasteiger partial charge in [-0.2, -0.15) is 0 Å². The van der Waals surface area contributed by atoms with Gasteiger partial charge in [0.2, 0.25) is 11.6 Å². The Kier molecular flexibility index (Phi) is 6.11. The van der Waals surface area contributed by atoms with E-state index in [1.165, 1.54) is 0 Å².